The van der Waals surface area contributed by atoms with Gasteiger partial charge in [-0.15, -0.1) is 0 Å². The van der Waals surface area contributed by atoms with Crippen LogP contribution in [0.25, 0.3) is 0 Å². The summed E-state index contributed by atoms with van der Waals surface area (Å²) in [6, 6.07) is 0. The van der Waals surface area contributed by atoms with Crippen LogP contribution in [0.2, 0.25) is 0 Å². The molecule has 0 saturated carbocycles. The third kappa shape index (κ3) is 2.89. The van der Waals surface area contributed by atoms with Gasteiger partial charge in [0.05, 0.1) is 13.1 Å². The number of hydrogen-bond donors (Lipinski definition) is 1. The van der Waals surface area contributed by atoms with Crippen LogP contribution in [-0.4, -0.2) is 36.3 Å². The lowest BCUT2D eigenvalue weighted by Crippen LogP contribution is -2.51. The molecule has 0 spiro atoms. The molecule has 0 radical (unpaired) electrons. The predicted molar refractivity (Wildman–Crippen MR) is 49.0 cm³/mol. The highest BCUT2D eigenvalue weighted by Gasteiger charge is 2.21. The van der Waals surface area contributed by atoms with Gasteiger partial charge in [0, 0.05) is 6.54 Å². The topological polar surface area (TPSA) is 49.4 Å². The maximum Gasteiger partial charge on any atom is 0.242 e. The molecule has 0 unspecified atom stereocenters. The van der Waals surface area contributed by atoms with E-state index in [9.17, 15) is 9.59 Å². The molecule has 4 nitrogen and oxygen atoms in total. The number of nitrogens with zero attached hydrogens (tertiary/aromatic N) is 1. The smallest absolute Gasteiger partial charge is 0.242 e. The second-order valence-electron chi connectivity index (χ2n) is 2.95. The third-order valence-corrected chi connectivity index (χ3v) is 1.93. The van der Waals surface area contributed by atoms with Crippen LogP contribution in [0.1, 0.15) is 13.3 Å². The Hall–Kier alpha value is -1.32. The Kier molecular flexibility index (Phi) is 3.49. The first kappa shape index (κ1) is 9.77. The van der Waals surface area contributed by atoms with Crippen LogP contribution < -0.4 is 5.32 Å². The molecule has 1 N–H and O–H groups in total. The molecule has 0 aliphatic carbocycles. The van der Waals surface area contributed by atoms with Gasteiger partial charge in [0.1, 0.15) is 0 Å². The SMILES string of the molecule is C/C=C/CCN1CC(=O)NCC1=O. The van der Waals surface area contributed by atoms with Gasteiger partial charge in [-0.3, -0.25) is 9.59 Å². The Morgan fingerprint density at radius 2 is 2.31 bits per heavy atom. The largest absolute Gasteiger partial charge is 0.345 e. The van der Waals surface area contributed by atoms with Crippen LogP contribution >= 0.6 is 0 Å². The van der Waals surface area contributed by atoms with E-state index in [4.69, 9.17) is 0 Å². The number of carbonyl (C=O) groups excluding carboxylic acids is 2. The minimum atomic E-state index is -0.0694. The van der Waals surface area contributed by atoms with Crippen molar-refractivity contribution >= 4 is 11.8 Å². The van der Waals surface area contributed by atoms with Gasteiger partial charge in [-0.05, 0) is 13.3 Å². The highest BCUT2D eigenvalue weighted by Crippen LogP contribution is 1.97. The molecular weight excluding hydrogens is 168 g/mol. The van der Waals surface area contributed by atoms with Crippen molar-refractivity contribution in [2.45, 2.75) is 13.3 Å². The molecule has 4 heteroatoms. The van der Waals surface area contributed by atoms with Crippen LogP contribution in [0.4, 0.5) is 0 Å². The minimum absolute atomic E-state index is 0.00380. The van der Waals surface area contributed by atoms with E-state index >= 15 is 0 Å². The Morgan fingerprint density at radius 3 is 3.00 bits per heavy atom. The van der Waals surface area contributed by atoms with Crippen molar-refractivity contribution in [3.05, 3.63) is 12.2 Å². The van der Waals surface area contributed by atoms with E-state index in [1.54, 1.807) is 4.90 Å². The number of allylic oxidation sites excluding steroid dienone is 1. The number of amides is 2. The van der Waals surface area contributed by atoms with Crippen molar-refractivity contribution < 1.29 is 9.59 Å². The summed E-state index contributed by atoms with van der Waals surface area (Å²) in [6.07, 6.45) is 4.74. The zero-order valence-corrected chi connectivity index (χ0v) is 7.75. The molecule has 1 saturated heterocycles. The average Bonchev–Trinajstić information content (AvgIpc) is 2.11. The quantitative estimate of drug-likeness (QED) is 0.620. The number of nitrogens with one attached hydrogen (secondary N) is 1. The highest BCUT2D eigenvalue weighted by molar-refractivity contribution is 5.92. The normalized spacial score (nSPS) is 18.1. The molecule has 0 aromatic rings. The van der Waals surface area contributed by atoms with Crippen molar-refractivity contribution in [1.29, 1.82) is 0 Å². The maximum absolute atomic E-state index is 11.2. The van der Waals surface area contributed by atoms with Crippen LogP contribution in [0, 0.1) is 0 Å². The Labute approximate surface area is 77.6 Å². The van der Waals surface area contributed by atoms with Crippen molar-refractivity contribution in [1.82, 2.24) is 10.2 Å². The van der Waals surface area contributed by atoms with Gasteiger partial charge < -0.3 is 10.2 Å². The zero-order valence-electron chi connectivity index (χ0n) is 7.75. The third-order valence-electron chi connectivity index (χ3n) is 1.93. The molecule has 72 valence electrons. The summed E-state index contributed by atoms with van der Waals surface area (Å²) in [4.78, 5) is 23.7. The molecule has 0 aromatic heterocycles. The molecule has 1 heterocycles. The lowest BCUT2D eigenvalue weighted by Gasteiger charge is -2.25. The molecule has 1 aliphatic heterocycles. The Balaban J connectivity index is 2.37. The fraction of sp³-hybridized carbons (Fsp3) is 0.556. The second-order valence-corrected chi connectivity index (χ2v) is 2.95. The van der Waals surface area contributed by atoms with Crippen LogP contribution in [-0.2, 0) is 9.59 Å². The summed E-state index contributed by atoms with van der Waals surface area (Å²) < 4.78 is 0. The van der Waals surface area contributed by atoms with Gasteiger partial charge in [-0.1, -0.05) is 12.2 Å². The van der Waals surface area contributed by atoms with Crippen molar-refractivity contribution in [3.8, 4) is 0 Å². The van der Waals surface area contributed by atoms with E-state index in [0.29, 0.717) is 6.54 Å². The summed E-state index contributed by atoms with van der Waals surface area (Å²) in [7, 11) is 0. The monoisotopic (exact) mass is 182 g/mol. The van der Waals surface area contributed by atoms with Crippen LogP contribution in [0.15, 0.2) is 12.2 Å². The first-order chi connectivity index (χ1) is 6.24. The first-order valence-corrected chi connectivity index (χ1v) is 4.39. The van der Waals surface area contributed by atoms with Crippen LogP contribution in [0.5, 0.6) is 0 Å². The summed E-state index contributed by atoms with van der Waals surface area (Å²) in [5.74, 6) is -0.0656. The number of rotatable bonds is 3. The average molecular weight is 182 g/mol. The van der Waals surface area contributed by atoms with E-state index in [1.807, 2.05) is 19.1 Å². The highest BCUT2D eigenvalue weighted by atomic mass is 16.2. The molecular formula is C9H14N2O2. The van der Waals surface area contributed by atoms with E-state index in [0.717, 1.165) is 6.42 Å². The fourth-order valence-electron chi connectivity index (χ4n) is 1.20. The van der Waals surface area contributed by atoms with Gasteiger partial charge in [0.25, 0.3) is 0 Å². The summed E-state index contributed by atoms with van der Waals surface area (Å²) >= 11 is 0. The molecule has 13 heavy (non-hydrogen) atoms. The molecule has 0 bridgehead atoms. The molecule has 0 aromatic carbocycles. The van der Waals surface area contributed by atoms with Gasteiger partial charge in [0.15, 0.2) is 0 Å². The lowest BCUT2D eigenvalue weighted by atomic mass is 10.3. The number of carbonyl (C=O) groups is 2. The maximum atomic E-state index is 11.2. The van der Waals surface area contributed by atoms with Gasteiger partial charge >= 0.3 is 0 Å². The first-order valence-electron chi connectivity index (χ1n) is 4.39. The van der Waals surface area contributed by atoms with E-state index in [1.165, 1.54) is 0 Å². The van der Waals surface area contributed by atoms with Crippen molar-refractivity contribution in [2.24, 2.45) is 0 Å². The Bertz CT molecular complexity index is 236. The van der Waals surface area contributed by atoms with E-state index in [2.05, 4.69) is 5.32 Å². The fourth-order valence-corrected chi connectivity index (χ4v) is 1.20. The van der Waals surface area contributed by atoms with Gasteiger partial charge in [0.2, 0.25) is 11.8 Å². The second kappa shape index (κ2) is 4.64. The number of piperazine rings is 1. The molecule has 0 atom stereocenters. The summed E-state index contributed by atoms with van der Waals surface area (Å²) in [5.41, 5.74) is 0. The van der Waals surface area contributed by atoms with E-state index in [-0.39, 0.29) is 24.9 Å². The molecule has 1 fully saturated rings. The van der Waals surface area contributed by atoms with Crippen molar-refractivity contribution in [2.75, 3.05) is 19.6 Å². The van der Waals surface area contributed by atoms with Gasteiger partial charge in [-0.2, -0.15) is 0 Å². The standard InChI is InChI=1S/C9H14N2O2/c1-2-3-4-5-11-7-8(12)10-6-9(11)13/h2-3H,4-7H2,1H3,(H,10,12)/b3-2+. The molecule has 1 rings (SSSR count). The molecule has 2 amide bonds. The Morgan fingerprint density at radius 1 is 1.54 bits per heavy atom. The van der Waals surface area contributed by atoms with Gasteiger partial charge in [-0.25, -0.2) is 0 Å². The summed E-state index contributed by atoms with van der Waals surface area (Å²) in [6.45, 7) is 2.92. The zero-order chi connectivity index (χ0) is 9.68. The minimum Gasteiger partial charge on any atom is -0.345 e. The lowest BCUT2D eigenvalue weighted by molar-refractivity contribution is -0.140. The summed E-state index contributed by atoms with van der Waals surface area (Å²) in [5, 5.41) is 2.50. The van der Waals surface area contributed by atoms with Crippen molar-refractivity contribution in [3.63, 3.8) is 0 Å². The predicted octanol–water partition coefficient (Wildman–Crippen LogP) is -0.0890. The van der Waals surface area contributed by atoms with Crippen LogP contribution in [0.3, 0.4) is 0 Å². The molecule has 1 aliphatic rings. The van der Waals surface area contributed by atoms with E-state index < -0.39 is 0 Å². The number of hydrogen-bond acceptors (Lipinski definition) is 2.